The van der Waals surface area contributed by atoms with E-state index in [9.17, 15) is 0 Å². The molecule has 50 valence electrons. The Balaban J connectivity index is 2.53. The van der Waals surface area contributed by atoms with Crippen LogP contribution in [0.5, 0.6) is 0 Å². The highest BCUT2D eigenvalue weighted by molar-refractivity contribution is 4.35. The quantitative estimate of drug-likeness (QED) is 0.321. The summed E-state index contributed by atoms with van der Waals surface area (Å²) in [5, 5.41) is 0. The molecular weight excluding hydrogens is 106 g/mol. The first kappa shape index (κ1) is 7.88. The third-order valence-corrected chi connectivity index (χ3v) is 0.800. The SMILES string of the molecule is COOCCCCN. The van der Waals surface area contributed by atoms with Crippen molar-refractivity contribution in [2.75, 3.05) is 20.3 Å². The molecule has 0 aliphatic rings. The molecule has 0 atom stereocenters. The Labute approximate surface area is 49.7 Å². The zero-order valence-electron chi connectivity index (χ0n) is 5.22. The third kappa shape index (κ3) is 5.88. The van der Waals surface area contributed by atoms with E-state index in [1.54, 1.807) is 0 Å². The maximum atomic E-state index is 5.21. The highest BCUT2D eigenvalue weighted by Crippen LogP contribution is 1.85. The fourth-order valence-electron chi connectivity index (χ4n) is 0.389. The van der Waals surface area contributed by atoms with E-state index in [2.05, 4.69) is 9.78 Å². The fraction of sp³-hybridized carbons (Fsp3) is 1.00. The number of unbranched alkanes of at least 4 members (excludes halogenated alkanes) is 1. The molecule has 3 nitrogen and oxygen atoms in total. The zero-order chi connectivity index (χ0) is 6.24. The largest absolute Gasteiger partial charge is 0.330 e. The predicted octanol–water partition coefficient (Wildman–Crippen LogP) is 0.303. The molecule has 0 amide bonds. The van der Waals surface area contributed by atoms with Gasteiger partial charge in [0.1, 0.15) is 0 Å². The molecule has 0 radical (unpaired) electrons. The van der Waals surface area contributed by atoms with Crippen LogP contribution in [0.3, 0.4) is 0 Å². The van der Waals surface area contributed by atoms with Gasteiger partial charge in [-0.2, -0.15) is 0 Å². The molecule has 0 saturated heterocycles. The minimum absolute atomic E-state index is 0.647. The van der Waals surface area contributed by atoms with Crippen LogP contribution in [-0.4, -0.2) is 20.3 Å². The maximum Gasteiger partial charge on any atom is 0.0822 e. The molecule has 0 unspecified atom stereocenters. The minimum atomic E-state index is 0.647. The normalized spacial score (nSPS) is 9.75. The molecule has 0 fully saturated rings. The van der Waals surface area contributed by atoms with Gasteiger partial charge < -0.3 is 5.73 Å². The molecule has 0 aromatic carbocycles. The lowest BCUT2D eigenvalue weighted by Gasteiger charge is -1.96. The Morgan fingerprint density at radius 3 is 2.62 bits per heavy atom. The summed E-state index contributed by atoms with van der Waals surface area (Å²) in [7, 11) is 1.50. The van der Waals surface area contributed by atoms with Crippen LogP contribution in [0.25, 0.3) is 0 Å². The van der Waals surface area contributed by atoms with Crippen LogP contribution in [0.15, 0.2) is 0 Å². The molecule has 0 heterocycles. The third-order valence-electron chi connectivity index (χ3n) is 0.800. The van der Waals surface area contributed by atoms with Crippen LogP contribution >= 0.6 is 0 Å². The second-order valence-electron chi connectivity index (χ2n) is 1.48. The van der Waals surface area contributed by atoms with Crippen molar-refractivity contribution in [3.05, 3.63) is 0 Å². The van der Waals surface area contributed by atoms with Crippen molar-refractivity contribution < 1.29 is 9.78 Å². The van der Waals surface area contributed by atoms with Crippen LogP contribution in [0.1, 0.15) is 12.8 Å². The van der Waals surface area contributed by atoms with Crippen LogP contribution in [-0.2, 0) is 9.78 Å². The van der Waals surface area contributed by atoms with Crippen molar-refractivity contribution in [1.82, 2.24) is 0 Å². The van der Waals surface area contributed by atoms with Gasteiger partial charge in [0.05, 0.1) is 13.7 Å². The van der Waals surface area contributed by atoms with Gasteiger partial charge in [0, 0.05) is 0 Å². The average Bonchev–Trinajstić information content (AvgIpc) is 1.81. The summed E-state index contributed by atoms with van der Waals surface area (Å²) in [5.74, 6) is 0. The van der Waals surface area contributed by atoms with Crippen LogP contribution in [0, 0.1) is 0 Å². The van der Waals surface area contributed by atoms with Gasteiger partial charge in [-0.15, -0.1) is 0 Å². The standard InChI is InChI=1S/C5H13NO2/c1-7-8-5-3-2-4-6/h2-6H2,1H3. The van der Waals surface area contributed by atoms with Gasteiger partial charge in [0.25, 0.3) is 0 Å². The second-order valence-corrected chi connectivity index (χ2v) is 1.48. The molecule has 0 spiro atoms. The lowest BCUT2D eigenvalue weighted by Crippen LogP contribution is -2.01. The molecule has 0 bridgehead atoms. The maximum absolute atomic E-state index is 5.21. The zero-order valence-corrected chi connectivity index (χ0v) is 5.22. The summed E-state index contributed by atoms with van der Waals surface area (Å²) >= 11 is 0. The van der Waals surface area contributed by atoms with Gasteiger partial charge in [-0.05, 0) is 19.4 Å². The highest BCUT2D eigenvalue weighted by atomic mass is 17.2. The van der Waals surface area contributed by atoms with E-state index in [4.69, 9.17) is 5.73 Å². The summed E-state index contributed by atoms with van der Waals surface area (Å²) in [5.41, 5.74) is 5.21. The molecule has 3 heteroatoms. The van der Waals surface area contributed by atoms with E-state index in [0.29, 0.717) is 6.61 Å². The van der Waals surface area contributed by atoms with Gasteiger partial charge in [-0.25, -0.2) is 9.78 Å². The first-order chi connectivity index (χ1) is 3.91. The van der Waals surface area contributed by atoms with Gasteiger partial charge >= 0.3 is 0 Å². The predicted molar refractivity (Wildman–Crippen MR) is 31.2 cm³/mol. The topological polar surface area (TPSA) is 44.5 Å². The molecule has 0 aliphatic carbocycles. The van der Waals surface area contributed by atoms with Crippen molar-refractivity contribution in [1.29, 1.82) is 0 Å². The van der Waals surface area contributed by atoms with E-state index >= 15 is 0 Å². The molecular formula is C5H13NO2. The molecule has 2 N–H and O–H groups in total. The highest BCUT2D eigenvalue weighted by Gasteiger charge is 1.83. The smallest absolute Gasteiger partial charge is 0.0822 e. The Morgan fingerprint density at radius 2 is 2.12 bits per heavy atom. The number of hydrogen-bond acceptors (Lipinski definition) is 3. The minimum Gasteiger partial charge on any atom is -0.330 e. The van der Waals surface area contributed by atoms with Crippen molar-refractivity contribution >= 4 is 0 Å². The first-order valence-electron chi connectivity index (χ1n) is 2.77. The van der Waals surface area contributed by atoms with E-state index < -0.39 is 0 Å². The van der Waals surface area contributed by atoms with Crippen LogP contribution in [0.4, 0.5) is 0 Å². The van der Waals surface area contributed by atoms with Gasteiger partial charge in [-0.3, -0.25) is 0 Å². The van der Waals surface area contributed by atoms with Crippen LogP contribution in [0.2, 0.25) is 0 Å². The first-order valence-corrected chi connectivity index (χ1v) is 2.77. The Kier molecular flexibility index (Phi) is 6.78. The average molecular weight is 119 g/mol. The van der Waals surface area contributed by atoms with Crippen molar-refractivity contribution in [3.8, 4) is 0 Å². The fourth-order valence-corrected chi connectivity index (χ4v) is 0.389. The van der Waals surface area contributed by atoms with Gasteiger partial charge in [0.15, 0.2) is 0 Å². The summed E-state index contributed by atoms with van der Waals surface area (Å²) in [4.78, 5) is 8.93. The lowest BCUT2D eigenvalue weighted by molar-refractivity contribution is -0.272. The van der Waals surface area contributed by atoms with E-state index in [1.165, 1.54) is 7.11 Å². The lowest BCUT2D eigenvalue weighted by atomic mass is 10.3. The molecule has 0 rings (SSSR count). The van der Waals surface area contributed by atoms with Crippen molar-refractivity contribution in [3.63, 3.8) is 0 Å². The van der Waals surface area contributed by atoms with Gasteiger partial charge in [0.2, 0.25) is 0 Å². The van der Waals surface area contributed by atoms with E-state index in [0.717, 1.165) is 19.4 Å². The Morgan fingerprint density at radius 1 is 1.38 bits per heavy atom. The number of rotatable bonds is 5. The molecule has 0 saturated carbocycles. The summed E-state index contributed by atoms with van der Waals surface area (Å²) < 4.78 is 0. The second kappa shape index (κ2) is 6.88. The van der Waals surface area contributed by atoms with E-state index in [1.807, 2.05) is 0 Å². The molecule has 0 aromatic rings. The summed E-state index contributed by atoms with van der Waals surface area (Å²) in [6.07, 6.45) is 1.98. The van der Waals surface area contributed by atoms with Gasteiger partial charge in [-0.1, -0.05) is 0 Å². The Hall–Kier alpha value is -0.120. The van der Waals surface area contributed by atoms with Crippen LogP contribution < -0.4 is 5.73 Å². The van der Waals surface area contributed by atoms with Crippen molar-refractivity contribution in [2.45, 2.75) is 12.8 Å². The summed E-state index contributed by atoms with van der Waals surface area (Å²) in [6.45, 7) is 1.38. The van der Waals surface area contributed by atoms with E-state index in [-0.39, 0.29) is 0 Å². The summed E-state index contributed by atoms with van der Waals surface area (Å²) in [6, 6.07) is 0. The Bertz CT molecular complexity index is 35.4. The monoisotopic (exact) mass is 119 g/mol. The number of hydrogen-bond donors (Lipinski definition) is 1. The van der Waals surface area contributed by atoms with Crippen molar-refractivity contribution in [2.24, 2.45) is 5.73 Å². The molecule has 0 aliphatic heterocycles. The number of nitrogens with two attached hydrogens (primary N) is 1. The molecule has 8 heavy (non-hydrogen) atoms. The molecule has 0 aromatic heterocycles.